The molecule has 1 saturated heterocycles. The SMILES string of the molecule is CCOc1cc(Oc2cnc(C(F)(F)F)nc2)cc(N2CC[C@H](NC(=O)OC(C)(C)C)C2)c1. The molecule has 1 aromatic heterocycles. The third-order valence-electron chi connectivity index (χ3n) is 4.57. The lowest BCUT2D eigenvalue weighted by atomic mass is 10.2. The Labute approximate surface area is 190 Å². The van der Waals surface area contributed by atoms with E-state index in [1.807, 2.05) is 13.0 Å². The van der Waals surface area contributed by atoms with Crippen molar-refractivity contribution in [3.05, 3.63) is 36.4 Å². The highest BCUT2D eigenvalue weighted by molar-refractivity contribution is 5.68. The molecule has 1 N–H and O–H groups in total. The number of nitrogens with one attached hydrogen (secondary N) is 1. The van der Waals surface area contributed by atoms with Crippen molar-refractivity contribution >= 4 is 11.8 Å². The summed E-state index contributed by atoms with van der Waals surface area (Å²) >= 11 is 0. The molecule has 1 fully saturated rings. The highest BCUT2D eigenvalue weighted by Gasteiger charge is 2.34. The molecule has 0 spiro atoms. The summed E-state index contributed by atoms with van der Waals surface area (Å²) in [5.74, 6) is -0.267. The molecular weight excluding hydrogens is 441 g/mol. The van der Waals surface area contributed by atoms with Gasteiger partial charge in [-0.25, -0.2) is 14.8 Å². The molecule has 8 nitrogen and oxygen atoms in total. The molecule has 33 heavy (non-hydrogen) atoms. The van der Waals surface area contributed by atoms with E-state index in [0.29, 0.717) is 31.2 Å². The average molecular weight is 468 g/mol. The van der Waals surface area contributed by atoms with Gasteiger partial charge in [-0.3, -0.25) is 0 Å². The molecule has 180 valence electrons. The summed E-state index contributed by atoms with van der Waals surface area (Å²) in [5, 5.41) is 2.87. The molecule has 0 aliphatic carbocycles. The van der Waals surface area contributed by atoms with E-state index in [1.165, 1.54) is 0 Å². The number of hydrogen-bond acceptors (Lipinski definition) is 7. The number of amides is 1. The van der Waals surface area contributed by atoms with E-state index < -0.39 is 23.7 Å². The molecule has 1 amide bonds. The van der Waals surface area contributed by atoms with Crippen LogP contribution in [0.4, 0.5) is 23.7 Å². The second kappa shape index (κ2) is 9.72. The topological polar surface area (TPSA) is 85.8 Å². The van der Waals surface area contributed by atoms with Crippen molar-refractivity contribution in [2.45, 2.75) is 51.9 Å². The van der Waals surface area contributed by atoms with Crippen molar-refractivity contribution in [3.63, 3.8) is 0 Å². The molecular formula is C22H27F3N4O4. The maximum absolute atomic E-state index is 12.7. The van der Waals surface area contributed by atoms with Crippen molar-refractivity contribution in [1.29, 1.82) is 0 Å². The monoisotopic (exact) mass is 468 g/mol. The lowest BCUT2D eigenvalue weighted by molar-refractivity contribution is -0.145. The Morgan fingerprint density at radius 2 is 1.79 bits per heavy atom. The maximum atomic E-state index is 12.7. The summed E-state index contributed by atoms with van der Waals surface area (Å²) in [6.45, 7) is 8.90. The van der Waals surface area contributed by atoms with Gasteiger partial charge >= 0.3 is 12.3 Å². The fourth-order valence-corrected chi connectivity index (χ4v) is 3.29. The number of halogens is 3. The van der Waals surface area contributed by atoms with Gasteiger partial charge < -0.3 is 24.4 Å². The Bertz CT molecular complexity index is 962. The van der Waals surface area contributed by atoms with E-state index in [9.17, 15) is 18.0 Å². The summed E-state index contributed by atoms with van der Waals surface area (Å²) in [7, 11) is 0. The molecule has 0 bridgehead atoms. The largest absolute Gasteiger partial charge is 0.494 e. The fourth-order valence-electron chi connectivity index (χ4n) is 3.29. The van der Waals surface area contributed by atoms with Crippen LogP contribution in [0.15, 0.2) is 30.6 Å². The van der Waals surface area contributed by atoms with Crippen LogP contribution in [-0.2, 0) is 10.9 Å². The second-order valence-corrected chi connectivity index (χ2v) is 8.52. The zero-order chi connectivity index (χ0) is 24.2. The molecule has 2 aromatic rings. The molecule has 1 atom stereocenters. The van der Waals surface area contributed by atoms with Crippen LogP contribution in [0.25, 0.3) is 0 Å². The van der Waals surface area contributed by atoms with Gasteiger partial charge in [-0.1, -0.05) is 0 Å². The van der Waals surface area contributed by atoms with Crippen molar-refractivity contribution in [2.24, 2.45) is 0 Å². The molecule has 3 rings (SSSR count). The number of benzene rings is 1. The van der Waals surface area contributed by atoms with Crippen LogP contribution in [0.3, 0.4) is 0 Å². The normalized spacial score (nSPS) is 16.5. The minimum atomic E-state index is -4.62. The first-order valence-electron chi connectivity index (χ1n) is 10.5. The van der Waals surface area contributed by atoms with Gasteiger partial charge in [-0.05, 0) is 34.1 Å². The highest BCUT2D eigenvalue weighted by atomic mass is 19.4. The molecule has 1 aromatic carbocycles. The maximum Gasteiger partial charge on any atom is 0.451 e. The summed E-state index contributed by atoms with van der Waals surface area (Å²) < 4.78 is 54.7. The Hall–Kier alpha value is -3.24. The van der Waals surface area contributed by atoms with Crippen LogP contribution in [0.1, 0.15) is 39.9 Å². The quantitative estimate of drug-likeness (QED) is 0.652. The predicted molar refractivity (Wildman–Crippen MR) is 115 cm³/mol. The van der Waals surface area contributed by atoms with E-state index in [4.69, 9.17) is 14.2 Å². The Kier molecular flexibility index (Phi) is 7.19. The minimum Gasteiger partial charge on any atom is -0.494 e. The predicted octanol–water partition coefficient (Wildman–Crippen LogP) is 4.79. The van der Waals surface area contributed by atoms with Gasteiger partial charge in [0.15, 0.2) is 5.75 Å². The van der Waals surface area contributed by atoms with Crippen molar-refractivity contribution in [1.82, 2.24) is 15.3 Å². The Morgan fingerprint density at radius 1 is 1.12 bits per heavy atom. The van der Waals surface area contributed by atoms with Gasteiger partial charge in [-0.2, -0.15) is 13.2 Å². The number of alkyl halides is 3. The van der Waals surface area contributed by atoms with Gasteiger partial charge in [0.05, 0.1) is 25.0 Å². The number of carbonyl (C=O) groups excluding carboxylic acids is 1. The number of alkyl carbamates (subject to hydrolysis) is 1. The number of rotatable bonds is 6. The van der Waals surface area contributed by atoms with Crippen LogP contribution >= 0.6 is 0 Å². The second-order valence-electron chi connectivity index (χ2n) is 8.52. The lowest BCUT2D eigenvalue weighted by Gasteiger charge is -2.23. The fraction of sp³-hybridized carbons (Fsp3) is 0.500. The third-order valence-corrected chi connectivity index (χ3v) is 4.57. The zero-order valence-electron chi connectivity index (χ0n) is 18.9. The molecule has 2 heterocycles. The van der Waals surface area contributed by atoms with Gasteiger partial charge in [-0.15, -0.1) is 0 Å². The van der Waals surface area contributed by atoms with Gasteiger partial charge in [0.2, 0.25) is 5.82 Å². The van der Waals surface area contributed by atoms with Gasteiger partial charge in [0.1, 0.15) is 17.1 Å². The number of aromatic nitrogens is 2. The lowest BCUT2D eigenvalue weighted by Crippen LogP contribution is -2.40. The van der Waals surface area contributed by atoms with Crippen LogP contribution < -0.4 is 19.7 Å². The summed E-state index contributed by atoms with van der Waals surface area (Å²) in [4.78, 5) is 20.7. The molecule has 0 radical (unpaired) electrons. The summed E-state index contributed by atoms with van der Waals surface area (Å²) in [6.07, 6.45) is -2.43. The first kappa shape index (κ1) is 24.4. The van der Waals surface area contributed by atoms with E-state index in [2.05, 4.69) is 20.2 Å². The summed E-state index contributed by atoms with van der Waals surface area (Å²) in [5.41, 5.74) is 0.208. The van der Waals surface area contributed by atoms with Crippen LogP contribution in [-0.4, -0.2) is 47.4 Å². The van der Waals surface area contributed by atoms with E-state index >= 15 is 0 Å². The van der Waals surface area contributed by atoms with Crippen LogP contribution in [0.5, 0.6) is 17.2 Å². The smallest absolute Gasteiger partial charge is 0.451 e. The first-order chi connectivity index (χ1) is 15.4. The molecule has 1 aliphatic rings. The number of ether oxygens (including phenoxy) is 3. The van der Waals surface area contributed by atoms with Crippen LogP contribution in [0.2, 0.25) is 0 Å². The number of hydrogen-bond donors (Lipinski definition) is 1. The first-order valence-corrected chi connectivity index (χ1v) is 10.5. The molecule has 11 heteroatoms. The summed E-state index contributed by atoms with van der Waals surface area (Å²) in [6, 6.07) is 5.13. The standard InChI is InChI=1S/C22H27F3N4O4/c1-5-31-16-8-15(29-7-6-14(13-29)28-20(30)33-21(2,3)4)9-17(10-16)32-18-11-26-19(27-12-18)22(23,24)25/h8-12,14H,5-7,13H2,1-4H3,(H,28,30)/t14-/m0/s1. The van der Waals surface area contributed by atoms with Crippen molar-refractivity contribution in [3.8, 4) is 17.2 Å². The average Bonchev–Trinajstić information content (AvgIpc) is 3.14. The number of carbonyl (C=O) groups is 1. The number of anilines is 1. The van der Waals surface area contributed by atoms with Gasteiger partial charge in [0, 0.05) is 37.0 Å². The van der Waals surface area contributed by atoms with Crippen molar-refractivity contribution < 1.29 is 32.2 Å². The van der Waals surface area contributed by atoms with Gasteiger partial charge in [0.25, 0.3) is 0 Å². The van der Waals surface area contributed by atoms with E-state index in [-0.39, 0.29) is 11.8 Å². The highest BCUT2D eigenvalue weighted by Crippen LogP contribution is 2.33. The van der Waals surface area contributed by atoms with Crippen LogP contribution in [0, 0.1) is 0 Å². The Balaban J connectivity index is 1.72. The van der Waals surface area contributed by atoms with E-state index in [0.717, 1.165) is 24.5 Å². The molecule has 1 aliphatic heterocycles. The van der Waals surface area contributed by atoms with Crippen molar-refractivity contribution in [2.75, 3.05) is 24.6 Å². The van der Waals surface area contributed by atoms with E-state index in [1.54, 1.807) is 32.9 Å². The third kappa shape index (κ3) is 7.13. The zero-order valence-corrected chi connectivity index (χ0v) is 18.9. The molecule has 0 unspecified atom stereocenters. The minimum absolute atomic E-state index is 0.0634. The Morgan fingerprint density at radius 3 is 2.39 bits per heavy atom. The number of nitrogens with zero attached hydrogens (tertiary/aromatic N) is 3. The molecule has 0 saturated carbocycles.